The fourth-order valence-corrected chi connectivity index (χ4v) is 4.85. The quantitative estimate of drug-likeness (QED) is 0.562. The fraction of sp³-hybridized carbons (Fsp3) is 0.333. The molecule has 1 heterocycles. The van der Waals surface area contributed by atoms with Crippen molar-refractivity contribution < 1.29 is 27.9 Å². The fourth-order valence-electron chi connectivity index (χ4n) is 3.30. The van der Waals surface area contributed by atoms with E-state index >= 15 is 0 Å². The van der Waals surface area contributed by atoms with E-state index in [-0.39, 0.29) is 35.6 Å². The monoisotopic (exact) mass is 445 g/mol. The number of anilines is 3. The van der Waals surface area contributed by atoms with Crippen LogP contribution in [0.1, 0.15) is 19.3 Å². The van der Waals surface area contributed by atoms with Gasteiger partial charge in [-0.2, -0.15) is 0 Å². The highest BCUT2D eigenvalue weighted by Crippen LogP contribution is 2.32. The molecule has 2 aromatic rings. The van der Waals surface area contributed by atoms with E-state index in [0.717, 1.165) is 12.8 Å². The van der Waals surface area contributed by atoms with Crippen LogP contribution >= 0.6 is 0 Å². The van der Waals surface area contributed by atoms with Gasteiger partial charge in [-0.05, 0) is 49.6 Å². The van der Waals surface area contributed by atoms with Gasteiger partial charge in [0.15, 0.2) is 6.61 Å². The van der Waals surface area contributed by atoms with Crippen molar-refractivity contribution in [3.63, 3.8) is 0 Å². The smallest absolute Gasteiger partial charge is 0.262 e. The lowest BCUT2D eigenvalue weighted by molar-refractivity contribution is -0.118. The largest absolute Gasteiger partial charge is 0.506 e. The number of ether oxygens (including phenoxy) is 1. The van der Waals surface area contributed by atoms with E-state index in [4.69, 9.17) is 4.74 Å². The molecule has 0 bridgehead atoms. The van der Waals surface area contributed by atoms with Crippen molar-refractivity contribution in [2.24, 2.45) is 5.92 Å². The molecule has 0 unspecified atom stereocenters. The highest BCUT2D eigenvalue weighted by molar-refractivity contribution is 7.93. The molecule has 2 aromatic carbocycles. The van der Waals surface area contributed by atoms with Crippen molar-refractivity contribution in [3.8, 4) is 11.5 Å². The third kappa shape index (κ3) is 5.08. The molecule has 3 N–H and O–H groups in total. The second-order valence-electron chi connectivity index (χ2n) is 7.57. The van der Waals surface area contributed by atoms with Gasteiger partial charge in [0.2, 0.25) is 15.9 Å². The topological polar surface area (TPSA) is 125 Å². The van der Waals surface area contributed by atoms with Gasteiger partial charge in [0, 0.05) is 24.2 Å². The zero-order valence-electron chi connectivity index (χ0n) is 16.7. The number of nitrogens with zero attached hydrogens (tertiary/aromatic N) is 1. The normalized spacial score (nSPS) is 17.2. The Kier molecular flexibility index (Phi) is 5.73. The lowest BCUT2D eigenvalue weighted by Crippen LogP contribution is -2.25. The molecular formula is C21H23N3O6S. The maximum atomic E-state index is 12.3. The molecule has 2 fully saturated rings. The van der Waals surface area contributed by atoms with E-state index in [1.54, 1.807) is 24.3 Å². The summed E-state index contributed by atoms with van der Waals surface area (Å²) < 4.78 is 31.0. The van der Waals surface area contributed by atoms with E-state index in [9.17, 15) is 23.1 Å². The lowest BCUT2D eigenvalue weighted by atomic mass is 10.2. The lowest BCUT2D eigenvalue weighted by Gasteiger charge is -2.18. The Morgan fingerprint density at radius 2 is 1.94 bits per heavy atom. The summed E-state index contributed by atoms with van der Waals surface area (Å²) in [6, 6.07) is 11.0. The average Bonchev–Trinajstić information content (AvgIpc) is 3.52. The molecule has 2 amide bonds. The van der Waals surface area contributed by atoms with Gasteiger partial charge < -0.3 is 20.5 Å². The van der Waals surface area contributed by atoms with E-state index < -0.39 is 15.9 Å². The van der Waals surface area contributed by atoms with Crippen molar-refractivity contribution in [2.45, 2.75) is 19.3 Å². The van der Waals surface area contributed by atoms with Gasteiger partial charge >= 0.3 is 0 Å². The number of carbonyl (C=O) groups excluding carboxylic acids is 2. The Hall–Kier alpha value is -3.27. The Balaban J connectivity index is 1.37. The summed E-state index contributed by atoms with van der Waals surface area (Å²) in [5, 5.41) is 15.4. The first kappa shape index (κ1) is 21.0. The molecule has 9 nitrogen and oxygen atoms in total. The molecule has 1 aliphatic heterocycles. The second-order valence-corrected chi connectivity index (χ2v) is 9.58. The third-order valence-corrected chi connectivity index (χ3v) is 6.93. The van der Waals surface area contributed by atoms with Crippen molar-refractivity contribution in [1.82, 2.24) is 0 Å². The van der Waals surface area contributed by atoms with Crippen molar-refractivity contribution >= 4 is 38.9 Å². The van der Waals surface area contributed by atoms with Crippen LogP contribution in [-0.2, 0) is 19.6 Å². The van der Waals surface area contributed by atoms with Crippen LogP contribution in [0.2, 0.25) is 0 Å². The van der Waals surface area contributed by atoms with E-state index in [2.05, 4.69) is 10.6 Å². The molecule has 1 aliphatic carbocycles. The highest BCUT2D eigenvalue weighted by atomic mass is 32.2. The number of sulfonamides is 1. The molecule has 31 heavy (non-hydrogen) atoms. The number of hydrogen-bond acceptors (Lipinski definition) is 6. The van der Waals surface area contributed by atoms with Crippen molar-refractivity contribution in [2.75, 3.05) is 33.8 Å². The third-order valence-electron chi connectivity index (χ3n) is 5.06. The Labute approximate surface area is 180 Å². The maximum Gasteiger partial charge on any atom is 0.262 e. The molecule has 0 atom stereocenters. The van der Waals surface area contributed by atoms with Crippen LogP contribution in [0.4, 0.5) is 17.1 Å². The van der Waals surface area contributed by atoms with Crippen LogP contribution in [-0.4, -0.2) is 44.2 Å². The van der Waals surface area contributed by atoms with Gasteiger partial charge in [-0.25, -0.2) is 8.42 Å². The Morgan fingerprint density at radius 1 is 1.13 bits per heavy atom. The Morgan fingerprint density at radius 3 is 2.65 bits per heavy atom. The summed E-state index contributed by atoms with van der Waals surface area (Å²) in [7, 11) is -3.37. The number of nitrogens with one attached hydrogen (secondary N) is 2. The summed E-state index contributed by atoms with van der Waals surface area (Å²) in [4.78, 5) is 24.2. The van der Waals surface area contributed by atoms with Crippen LogP contribution < -0.4 is 19.7 Å². The van der Waals surface area contributed by atoms with Crippen LogP contribution in [0, 0.1) is 5.92 Å². The summed E-state index contributed by atoms with van der Waals surface area (Å²) in [6.07, 6.45) is 2.33. The van der Waals surface area contributed by atoms with Gasteiger partial charge in [-0.15, -0.1) is 0 Å². The predicted octanol–water partition coefficient (Wildman–Crippen LogP) is 2.30. The molecule has 4 rings (SSSR count). The number of benzene rings is 2. The minimum Gasteiger partial charge on any atom is -0.506 e. The molecule has 164 valence electrons. The average molecular weight is 445 g/mol. The molecular weight excluding hydrogens is 422 g/mol. The van der Waals surface area contributed by atoms with Crippen LogP contribution in [0.5, 0.6) is 11.5 Å². The highest BCUT2D eigenvalue weighted by Gasteiger charge is 2.30. The number of carbonyl (C=O) groups is 2. The molecule has 0 radical (unpaired) electrons. The first-order valence-corrected chi connectivity index (χ1v) is 11.6. The summed E-state index contributed by atoms with van der Waals surface area (Å²) in [6.45, 7) is 0.0307. The maximum absolute atomic E-state index is 12.3. The van der Waals surface area contributed by atoms with E-state index in [1.165, 1.54) is 22.5 Å². The first-order valence-electron chi connectivity index (χ1n) is 9.99. The minimum absolute atomic E-state index is 0.0229. The number of phenolic OH excluding ortho intramolecular Hbond substituents is 1. The zero-order valence-corrected chi connectivity index (χ0v) is 17.5. The van der Waals surface area contributed by atoms with Crippen LogP contribution in [0.25, 0.3) is 0 Å². The van der Waals surface area contributed by atoms with Gasteiger partial charge in [0.25, 0.3) is 5.91 Å². The van der Waals surface area contributed by atoms with Crippen LogP contribution in [0.3, 0.4) is 0 Å². The van der Waals surface area contributed by atoms with Gasteiger partial charge in [0.1, 0.15) is 11.5 Å². The van der Waals surface area contributed by atoms with Gasteiger partial charge in [0.05, 0.1) is 17.1 Å². The number of hydrogen-bond donors (Lipinski definition) is 3. The molecule has 10 heteroatoms. The molecule has 0 spiro atoms. The first-order chi connectivity index (χ1) is 14.8. The van der Waals surface area contributed by atoms with Crippen LogP contribution in [0.15, 0.2) is 42.5 Å². The van der Waals surface area contributed by atoms with Crippen molar-refractivity contribution in [3.05, 3.63) is 42.5 Å². The zero-order chi connectivity index (χ0) is 22.0. The molecule has 1 saturated carbocycles. The van der Waals surface area contributed by atoms with E-state index in [1.807, 2.05) is 0 Å². The number of aromatic hydroxyl groups is 1. The van der Waals surface area contributed by atoms with Crippen molar-refractivity contribution in [1.29, 1.82) is 0 Å². The molecule has 1 saturated heterocycles. The molecule has 2 aliphatic rings. The summed E-state index contributed by atoms with van der Waals surface area (Å²) in [5.74, 6) is -0.170. The minimum atomic E-state index is -3.37. The number of rotatable bonds is 7. The molecule has 0 aromatic heterocycles. The number of amides is 2. The Bertz CT molecular complexity index is 1110. The van der Waals surface area contributed by atoms with Gasteiger partial charge in [-0.3, -0.25) is 13.9 Å². The second kappa shape index (κ2) is 8.46. The SMILES string of the molecule is O=C(COc1cccc(NC(=O)C2CC2)c1)Nc1cc(N2CCCS2(=O)=O)ccc1O. The summed E-state index contributed by atoms with van der Waals surface area (Å²) >= 11 is 0. The predicted molar refractivity (Wildman–Crippen MR) is 116 cm³/mol. The van der Waals surface area contributed by atoms with E-state index in [0.29, 0.717) is 30.1 Å². The van der Waals surface area contributed by atoms with Gasteiger partial charge in [-0.1, -0.05) is 6.07 Å². The summed E-state index contributed by atoms with van der Waals surface area (Å²) in [5.41, 5.74) is 1.07. The standard InChI is InChI=1S/C21H23N3O6S/c25-19-8-7-16(24-9-2-10-31(24,28)29)12-18(19)23-20(26)13-30-17-4-1-3-15(11-17)22-21(27)14-5-6-14/h1,3-4,7-8,11-12,14,25H,2,5-6,9-10,13H2,(H,22,27)(H,23,26). The number of phenols is 1.